The highest BCUT2D eigenvalue weighted by Gasteiger charge is 2.36. The van der Waals surface area contributed by atoms with Crippen molar-refractivity contribution in [2.24, 2.45) is 0 Å². The zero-order chi connectivity index (χ0) is 29.8. The minimum Gasteiger partial charge on any atom is -0.484 e. The maximum Gasteiger partial charge on any atom is 0.416 e. The van der Waals surface area contributed by atoms with Crippen LogP contribution >= 0.6 is 0 Å². The van der Waals surface area contributed by atoms with Gasteiger partial charge in [-0.1, -0.05) is 12.1 Å². The Morgan fingerprint density at radius 3 is 2.12 bits per heavy atom. The van der Waals surface area contributed by atoms with Gasteiger partial charge in [0, 0.05) is 12.6 Å². The Morgan fingerprint density at radius 1 is 0.902 bits per heavy atom. The molecule has 4 rings (SSSR count). The maximum absolute atomic E-state index is 13.1. The van der Waals surface area contributed by atoms with Crippen LogP contribution in [0.3, 0.4) is 0 Å². The van der Waals surface area contributed by atoms with Gasteiger partial charge in [-0.25, -0.2) is 4.79 Å². The van der Waals surface area contributed by atoms with Gasteiger partial charge >= 0.3 is 12.1 Å². The van der Waals surface area contributed by atoms with Crippen LogP contribution in [0.2, 0.25) is 0 Å². The van der Waals surface area contributed by atoms with Gasteiger partial charge in [-0.2, -0.15) is 13.2 Å². The molecule has 1 aliphatic carbocycles. The quantitative estimate of drug-likeness (QED) is 0.418. The Hall–Kier alpha value is -3.56. The molecule has 0 aromatic heterocycles. The second kappa shape index (κ2) is 12.5. The number of benzene rings is 2. The van der Waals surface area contributed by atoms with E-state index in [0.717, 1.165) is 43.4 Å². The van der Waals surface area contributed by atoms with Crippen LogP contribution in [-0.4, -0.2) is 53.5 Å². The summed E-state index contributed by atoms with van der Waals surface area (Å²) >= 11 is 0. The van der Waals surface area contributed by atoms with Gasteiger partial charge in [-0.15, -0.1) is 0 Å². The average molecular weight is 575 g/mol. The van der Waals surface area contributed by atoms with Gasteiger partial charge in [0.25, 0.3) is 5.91 Å². The molecule has 1 atom stereocenters. The number of hydrogen-bond acceptors (Lipinski definition) is 5. The molecule has 1 saturated carbocycles. The van der Waals surface area contributed by atoms with Crippen molar-refractivity contribution in [3.8, 4) is 5.75 Å². The van der Waals surface area contributed by atoms with Crippen LogP contribution in [0.15, 0.2) is 48.5 Å². The molecule has 1 aliphatic heterocycles. The molecule has 7 nitrogen and oxygen atoms in total. The van der Waals surface area contributed by atoms with E-state index in [4.69, 9.17) is 9.47 Å². The number of halogens is 3. The first-order chi connectivity index (χ1) is 19.3. The van der Waals surface area contributed by atoms with Crippen molar-refractivity contribution in [3.63, 3.8) is 0 Å². The lowest BCUT2D eigenvalue weighted by Crippen LogP contribution is -2.50. The van der Waals surface area contributed by atoms with Gasteiger partial charge in [0.1, 0.15) is 17.4 Å². The third-order valence-corrected chi connectivity index (χ3v) is 7.51. The number of nitrogens with one attached hydrogen (secondary N) is 1. The van der Waals surface area contributed by atoms with E-state index in [1.54, 1.807) is 12.1 Å². The van der Waals surface area contributed by atoms with Gasteiger partial charge in [0.2, 0.25) is 5.91 Å². The number of esters is 1. The molecule has 1 saturated heterocycles. The summed E-state index contributed by atoms with van der Waals surface area (Å²) in [6.45, 7) is 5.58. The molecule has 1 heterocycles. The highest BCUT2D eigenvalue weighted by molar-refractivity contribution is 5.90. The molecule has 2 aromatic carbocycles. The van der Waals surface area contributed by atoms with E-state index in [-0.39, 0.29) is 36.2 Å². The number of nitrogens with zero attached hydrogens (tertiary/aromatic N) is 1. The summed E-state index contributed by atoms with van der Waals surface area (Å²) in [4.78, 5) is 39.7. The van der Waals surface area contributed by atoms with Crippen LogP contribution in [0.4, 0.5) is 13.2 Å². The summed E-state index contributed by atoms with van der Waals surface area (Å²) in [7, 11) is 0. The van der Waals surface area contributed by atoms with E-state index >= 15 is 0 Å². The van der Waals surface area contributed by atoms with E-state index in [9.17, 15) is 27.6 Å². The van der Waals surface area contributed by atoms with Crippen LogP contribution in [0, 0.1) is 0 Å². The lowest BCUT2D eigenvalue weighted by atomic mass is 9.81. The Morgan fingerprint density at radius 2 is 1.54 bits per heavy atom. The topological polar surface area (TPSA) is 84.9 Å². The first-order valence-corrected chi connectivity index (χ1v) is 14.0. The number of ether oxygens (including phenoxy) is 2. The number of likely N-dealkylation sites (tertiary alicyclic amines) is 1. The van der Waals surface area contributed by atoms with Crippen LogP contribution in [-0.2, 0) is 20.5 Å². The third kappa shape index (κ3) is 8.24. The first-order valence-electron chi connectivity index (χ1n) is 14.0. The molecule has 0 spiro atoms. The highest BCUT2D eigenvalue weighted by atomic mass is 19.4. The number of alkyl halides is 3. The Kier molecular flexibility index (Phi) is 9.29. The summed E-state index contributed by atoms with van der Waals surface area (Å²) in [5.41, 5.74) is 0.329. The third-order valence-electron chi connectivity index (χ3n) is 7.51. The second-order valence-corrected chi connectivity index (χ2v) is 11.7. The van der Waals surface area contributed by atoms with Gasteiger partial charge in [0.15, 0.2) is 6.61 Å². The zero-order valence-corrected chi connectivity index (χ0v) is 23.6. The Labute approximate surface area is 238 Å². The number of carbonyl (C=O) groups excluding carboxylic acids is 3. The van der Waals surface area contributed by atoms with Gasteiger partial charge in [-0.3, -0.25) is 9.59 Å². The predicted octanol–water partition coefficient (Wildman–Crippen LogP) is 5.87. The smallest absolute Gasteiger partial charge is 0.416 e. The number of hydrogen-bond donors (Lipinski definition) is 1. The molecule has 0 bridgehead atoms. The van der Waals surface area contributed by atoms with Gasteiger partial charge in [-0.05, 0) is 107 Å². The summed E-state index contributed by atoms with van der Waals surface area (Å²) in [5.74, 6) is -0.414. The number of rotatable bonds is 7. The summed E-state index contributed by atoms with van der Waals surface area (Å²) < 4.78 is 49.1. The molecule has 222 valence electrons. The maximum atomic E-state index is 13.1. The fraction of sp³-hybridized carbons (Fsp3) is 0.516. The molecule has 10 heteroatoms. The van der Waals surface area contributed by atoms with E-state index in [2.05, 4.69) is 5.32 Å². The molecule has 41 heavy (non-hydrogen) atoms. The normalized spacial score (nSPS) is 21.3. The molecule has 2 aromatic rings. The van der Waals surface area contributed by atoms with Crippen molar-refractivity contribution in [1.29, 1.82) is 0 Å². The monoisotopic (exact) mass is 574 g/mol. The molecule has 2 fully saturated rings. The molecule has 2 amide bonds. The van der Waals surface area contributed by atoms with E-state index in [1.807, 2.05) is 32.9 Å². The molecular weight excluding hydrogens is 537 g/mol. The van der Waals surface area contributed by atoms with Crippen molar-refractivity contribution in [2.75, 3.05) is 13.2 Å². The summed E-state index contributed by atoms with van der Waals surface area (Å²) in [5, 5.41) is 3.12. The summed E-state index contributed by atoms with van der Waals surface area (Å²) in [6, 6.07) is 11.1. The van der Waals surface area contributed by atoms with Crippen molar-refractivity contribution < 1.29 is 37.0 Å². The van der Waals surface area contributed by atoms with Crippen molar-refractivity contribution in [2.45, 2.75) is 89.1 Å². The standard InChI is InChI=1S/C31H37F3N2O5/c1-30(2,3)41-29(39)22-8-6-20(7-9-22)21-10-14-24(15-11-21)35-28(38)26-5-4-18-36(26)27(37)19-40-25-16-12-23(13-17-25)31(32,33)34/h6-9,12-13,16-17,21,24,26H,4-5,10-11,14-15,18-19H2,1-3H3,(H,35,38)/t21?,24?,26-/m1/s1. The van der Waals surface area contributed by atoms with E-state index in [1.165, 1.54) is 17.0 Å². The van der Waals surface area contributed by atoms with Crippen LogP contribution in [0.5, 0.6) is 5.75 Å². The first kappa shape index (κ1) is 30.4. The second-order valence-electron chi connectivity index (χ2n) is 11.7. The minimum absolute atomic E-state index is 0.0146. The summed E-state index contributed by atoms with van der Waals surface area (Å²) in [6.07, 6.45) is 0.200. The van der Waals surface area contributed by atoms with Gasteiger partial charge in [0.05, 0.1) is 11.1 Å². The fourth-order valence-corrected chi connectivity index (χ4v) is 5.40. The van der Waals surface area contributed by atoms with Crippen molar-refractivity contribution in [1.82, 2.24) is 10.2 Å². The van der Waals surface area contributed by atoms with Crippen molar-refractivity contribution >= 4 is 17.8 Å². The van der Waals surface area contributed by atoms with Crippen LogP contribution in [0.1, 0.15) is 86.7 Å². The number of amides is 2. The van der Waals surface area contributed by atoms with E-state index in [0.29, 0.717) is 30.9 Å². The van der Waals surface area contributed by atoms with E-state index < -0.39 is 23.4 Å². The average Bonchev–Trinajstić information content (AvgIpc) is 3.42. The fourth-order valence-electron chi connectivity index (χ4n) is 5.40. The molecule has 2 aliphatic rings. The van der Waals surface area contributed by atoms with Gasteiger partial charge < -0.3 is 19.7 Å². The molecule has 0 unspecified atom stereocenters. The predicted molar refractivity (Wildman–Crippen MR) is 146 cm³/mol. The molecule has 0 radical (unpaired) electrons. The lowest BCUT2D eigenvalue weighted by molar-refractivity contribution is -0.140. The zero-order valence-electron chi connectivity index (χ0n) is 23.6. The Balaban J connectivity index is 1.23. The minimum atomic E-state index is -4.45. The SMILES string of the molecule is CC(C)(C)OC(=O)c1ccc(C2CCC(NC(=O)[C@H]3CCCN3C(=O)COc3ccc(C(F)(F)F)cc3)CC2)cc1. The molecular formula is C31H37F3N2O5. The largest absolute Gasteiger partial charge is 0.484 e. The van der Waals surface area contributed by atoms with Crippen LogP contribution in [0.25, 0.3) is 0 Å². The number of carbonyl (C=O) groups is 3. The lowest BCUT2D eigenvalue weighted by Gasteiger charge is -2.31. The highest BCUT2D eigenvalue weighted by Crippen LogP contribution is 2.34. The van der Waals surface area contributed by atoms with Crippen LogP contribution < -0.4 is 10.1 Å². The Bertz CT molecular complexity index is 1210. The van der Waals surface area contributed by atoms with Crippen molar-refractivity contribution in [3.05, 3.63) is 65.2 Å². The molecule has 1 N–H and O–H groups in total.